The zero-order valence-electron chi connectivity index (χ0n) is 13.7. The van der Waals surface area contributed by atoms with Crippen molar-refractivity contribution < 1.29 is 14.7 Å². The van der Waals surface area contributed by atoms with Gasteiger partial charge in [-0.2, -0.15) is 0 Å². The maximum absolute atomic E-state index is 12.2. The Kier molecular flexibility index (Phi) is 5.36. The van der Waals surface area contributed by atoms with Crippen molar-refractivity contribution in [3.05, 3.63) is 34.2 Å². The van der Waals surface area contributed by atoms with E-state index < -0.39 is 5.97 Å². The Morgan fingerprint density at radius 3 is 2.76 bits per heavy atom. The van der Waals surface area contributed by atoms with Gasteiger partial charge < -0.3 is 10.4 Å². The van der Waals surface area contributed by atoms with Crippen molar-refractivity contribution >= 4 is 39.9 Å². The number of hydrogen-bond donors (Lipinski definition) is 2. The number of hydrogen-bond acceptors (Lipinski definition) is 5. The lowest BCUT2D eigenvalue weighted by Gasteiger charge is -2.13. The van der Waals surface area contributed by atoms with E-state index in [1.165, 1.54) is 11.3 Å². The molecule has 2 N–H and O–H groups in total. The number of thiazole rings is 1. The van der Waals surface area contributed by atoms with Gasteiger partial charge in [-0.25, -0.2) is 4.98 Å². The summed E-state index contributed by atoms with van der Waals surface area (Å²) in [6, 6.07) is 7.40. The highest BCUT2D eigenvalue weighted by Crippen LogP contribution is 2.31. The number of halogens is 1. The number of likely N-dealkylation sites (tertiary alicyclic amines) is 1. The van der Waals surface area contributed by atoms with E-state index >= 15 is 0 Å². The molecule has 2 aromatic rings. The first-order valence-corrected chi connectivity index (χ1v) is 9.10. The number of rotatable bonds is 5. The molecule has 0 radical (unpaired) electrons. The summed E-state index contributed by atoms with van der Waals surface area (Å²) < 4.78 is 0. The first-order chi connectivity index (χ1) is 11.9. The molecule has 8 heteroatoms. The Morgan fingerprint density at radius 2 is 2.12 bits per heavy atom. The first kappa shape index (κ1) is 17.8. The summed E-state index contributed by atoms with van der Waals surface area (Å²) in [5.41, 5.74) is 1.77. The normalized spacial score (nSPS) is 17.6. The Bertz CT molecular complexity index is 791. The van der Waals surface area contributed by atoms with E-state index in [1.54, 1.807) is 12.1 Å². The van der Waals surface area contributed by atoms with E-state index in [9.17, 15) is 9.59 Å². The number of aromatic nitrogens is 1. The highest BCUT2D eigenvalue weighted by Gasteiger charge is 2.29. The number of anilines is 1. The average molecular weight is 380 g/mol. The Hall–Kier alpha value is -1.96. The van der Waals surface area contributed by atoms with Gasteiger partial charge in [-0.15, -0.1) is 11.3 Å². The number of aliphatic carboxylic acids is 1. The van der Waals surface area contributed by atoms with Gasteiger partial charge in [0.2, 0.25) is 5.91 Å². The number of carboxylic acid groups (broad SMARTS) is 1. The Morgan fingerprint density at radius 1 is 1.40 bits per heavy atom. The zero-order chi connectivity index (χ0) is 18.0. The quantitative estimate of drug-likeness (QED) is 0.834. The van der Waals surface area contributed by atoms with Gasteiger partial charge in [0.1, 0.15) is 0 Å². The van der Waals surface area contributed by atoms with Gasteiger partial charge in [-0.05, 0) is 32.0 Å². The number of nitrogens with one attached hydrogen (secondary N) is 1. The lowest BCUT2D eigenvalue weighted by Crippen LogP contribution is -2.32. The van der Waals surface area contributed by atoms with Crippen LogP contribution in [-0.4, -0.2) is 46.5 Å². The predicted molar refractivity (Wildman–Crippen MR) is 98.1 cm³/mol. The molecule has 1 aliphatic rings. The van der Waals surface area contributed by atoms with Gasteiger partial charge in [-0.3, -0.25) is 14.5 Å². The molecule has 0 bridgehead atoms. The molecule has 132 valence electrons. The summed E-state index contributed by atoms with van der Waals surface area (Å²) in [7, 11) is 0. The first-order valence-electron chi connectivity index (χ1n) is 7.91. The van der Waals surface area contributed by atoms with Gasteiger partial charge in [0.05, 0.1) is 18.2 Å². The number of aryl methyl sites for hydroxylation is 1. The fraction of sp³-hybridized carbons (Fsp3) is 0.353. The van der Waals surface area contributed by atoms with Crippen LogP contribution in [0.2, 0.25) is 5.02 Å². The van der Waals surface area contributed by atoms with Crippen molar-refractivity contribution in [2.24, 2.45) is 5.92 Å². The van der Waals surface area contributed by atoms with E-state index in [2.05, 4.69) is 10.3 Å². The molecule has 1 aliphatic heterocycles. The van der Waals surface area contributed by atoms with Gasteiger partial charge in [0, 0.05) is 22.0 Å². The minimum absolute atomic E-state index is 0.178. The van der Waals surface area contributed by atoms with Crippen LogP contribution in [0.5, 0.6) is 0 Å². The molecule has 6 nitrogen and oxygen atoms in total. The van der Waals surface area contributed by atoms with Crippen molar-refractivity contribution in [1.82, 2.24) is 9.88 Å². The van der Waals surface area contributed by atoms with Crippen LogP contribution in [0.3, 0.4) is 0 Å². The van der Waals surface area contributed by atoms with Crippen LogP contribution in [0.25, 0.3) is 11.3 Å². The SMILES string of the molecule is Cc1sc(NC(=O)CN2CCC(C(=O)O)C2)nc1-c1ccc(Cl)cc1. The van der Waals surface area contributed by atoms with E-state index in [1.807, 2.05) is 24.0 Å². The summed E-state index contributed by atoms with van der Waals surface area (Å²) in [6.45, 7) is 3.17. The van der Waals surface area contributed by atoms with E-state index in [-0.39, 0.29) is 18.4 Å². The van der Waals surface area contributed by atoms with Crippen molar-refractivity contribution in [3.8, 4) is 11.3 Å². The van der Waals surface area contributed by atoms with Gasteiger partial charge in [0.15, 0.2) is 5.13 Å². The molecular formula is C17H18ClN3O3S. The molecule has 1 amide bonds. The number of nitrogens with zero attached hydrogens (tertiary/aromatic N) is 2. The molecule has 1 fully saturated rings. The van der Waals surface area contributed by atoms with E-state index in [0.717, 1.165) is 16.1 Å². The third-order valence-corrected chi connectivity index (χ3v) is 5.29. The lowest BCUT2D eigenvalue weighted by molar-refractivity contribution is -0.141. The van der Waals surface area contributed by atoms with Crippen molar-refractivity contribution in [3.63, 3.8) is 0 Å². The largest absolute Gasteiger partial charge is 0.481 e. The fourth-order valence-electron chi connectivity index (χ4n) is 2.87. The van der Waals surface area contributed by atoms with Crippen molar-refractivity contribution in [1.29, 1.82) is 0 Å². The summed E-state index contributed by atoms with van der Waals surface area (Å²) in [6.07, 6.45) is 0.583. The summed E-state index contributed by atoms with van der Waals surface area (Å²) in [5.74, 6) is -1.36. The molecule has 1 atom stereocenters. The topological polar surface area (TPSA) is 82.5 Å². The number of carbonyl (C=O) groups is 2. The van der Waals surface area contributed by atoms with Crippen LogP contribution in [0.4, 0.5) is 5.13 Å². The monoisotopic (exact) mass is 379 g/mol. The lowest BCUT2D eigenvalue weighted by atomic mass is 10.1. The minimum atomic E-state index is -0.800. The minimum Gasteiger partial charge on any atom is -0.481 e. The standard InChI is InChI=1S/C17H18ClN3O3S/c1-10-15(11-2-4-13(18)5-3-11)20-17(25-10)19-14(22)9-21-7-6-12(8-21)16(23)24/h2-5,12H,6-9H2,1H3,(H,23,24)(H,19,20,22). The second kappa shape index (κ2) is 7.51. The second-order valence-electron chi connectivity index (χ2n) is 6.04. The molecule has 1 unspecified atom stereocenters. The van der Waals surface area contributed by atoms with Crippen LogP contribution < -0.4 is 5.32 Å². The van der Waals surface area contributed by atoms with Gasteiger partial charge in [-0.1, -0.05) is 23.7 Å². The van der Waals surface area contributed by atoms with Crippen LogP contribution >= 0.6 is 22.9 Å². The van der Waals surface area contributed by atoms with Crippen molar-refractivity contribution in [2.45, 2.75) is 13.3 Å². The molecule has 3 rings (SSSR count). The molecule has 1 saturated heterocycles. The molecular weight excluding hydrogens is 362 g/mol. The highest BCUT2D eigenvalue weighted by atomic mass is 35.5. The maximum Gasteiger partial charge on any atom is 0.307 e. The molecule has 0 saturated carbocycles. The number of amides is 1. The molecule has 2 heterocycles. The van der Waals surface area contributed by atoms with Gasteiger partial charge >= 0.3 is 5.97 Å². The van der Waals surface area contributed by atoms with Crippen LogP contribution in [0.1, 0.15) is 11.3 Å². The molecule has 1 aromatic heterocycles. The molecule has 0 spiro atoms. The average Bonchev–Trinajstić information content (AvgIpc) is 3.15. The summed E-state index contributed by atoms with van der Waals surface area (Å²) in [4.78, 5) is 30.5. The molecule has 0 aliphatic carbocycles. The van der Waals surface area contributed by atoms with Gasteiger partial charge in [0.25, 0.3) is 0 Å². The summed E-state index contributed by atoms with van der Waals surface area (Å²) >= 11 is 7.32. The fourth-order valence-corrected chi connectivity index (χ4v) is 3.84. The van der Waals surface area contributed by atoms with Crippen molar-refractivity contribution in [2.75, 3.05) is 25.0 Å². The second-order valence-corrected chi connectivity index (χ2v) is 7.68. The number of carbonyl (C=O) groups excluding carboxylic acids is 1. The molecule has 25 heavy (non-hydrogen) atoms. The van der Waals surface area contributed by atoms with E-state index in [0.29, 0.717) is 29.7 Å². The third kappa shape index (κ3) is 4.36. The van der Waals surface area contributed by atoms with Crippen LogP contribution in [0, 0.1) is 12.8 Å². The highest BCUT2D eigenvalue weighted by molar-refractivity contribution is 7.16. The summed E-state index contributed by atoms with van der Waals surface area (Å²) in [5, 5.41) is 13.0. The number of benzene rings is 1. The van der Waals surface area contributed by atoms with E-state index in [4.69, 9.17) is 16.7 Å². The zero-order valence-corrected chi connectivity index (χ0v) is 15.2. The maximum atomic E-state index is 12.2. The van der Waals surface area contributed by atoms with Crippen LogP contribution in [-0.2, 0) is 9.59 Å². The Labute approximate surface area is 154 Å². The number of carboxylic acids is 1. The van der Waals surface area contributed by atoms with Crippen LogP contribution in [0.15, 0.2) is 24.3 Å². The Balaban J connectivity index is 1.62. The predicted octanol–water partition coefficient (Wildman–Crippen LogP) is 3.12. The molecule has 1 aromatic carbocycles. The third-order valence-electron chi connectivity index (χ3n) is 4.15. The smallest absolute Gasteiger partial charge is 0.307 e.